The summed E-state index contributed by atoms with van der Waals surface area (Å²) in [5.74, 6) is 1.58. The number of rotatable bonds is 2. The van der Waals surface area contributed by atoms with Crippen LogP contribution < -0.4 is 5.32 Å². The first-order valence-electron chi connectivity index (χ1n) is 6.15. The molecule has 6 heteroatoms. The molecule has 2 aliphatic rings. The van der Waals surface area contributed by atoms with Crippen molar-refractivity contribution in [3.05, 3.63) is 11.7 Å². The second-order valence-corrected chi connectivity index (χ2v) is 4.76. The highest BCUT2D eigenvalue weighted by Gasteiger charge is 2.29. The predicted molar refractivity (Wildman–Crippen MR) is 58.5 cm³/mol. The zero-order chi connectivity index (χ0) is 11.7. The largest absolute Gasteiger partial charge is 0.392 e. The lowest BCUT2D eigenvalue weighted by Gasteiger charge is -2.18. The van der Waals surface area contributed by atoms with E-state index in [2.05, 4.69) is 15.5 Å². The van der Waals surface area contributed by atoms with Gasteiger partial charge in [0.15, 0.2) is 5.82 Å². The summed E-state index contributed by atoms with van der Waals surface area (Å²) >= 11 is 0. The van der Waals surface area contributed by atoms with E-state index >= 15 is 0 Å². The van der Waals surface area contributed by atoms with Crippen LogP contribution in [0.15, 0.2) is 4.52 Å². The van der Waals surface area contributed by atoms with Gasteiger partial charge in [-0.3, -0.25) is 0 Å². The van der Waals surface area contributed by atoms with Crippen molar-refractivity contribution in [2.24, 2.45) is 0 Å². The Labute approximate surface area is 99.3 Å². The summed E-state index contributed by atoms with van der Waals surface area (Å²) in [6, 6.07) is -0.00393. The van der Waals surface area contributed by atoms with Gasteiger partial charge in [0, 0.05) is 19.1 Å². The topological polar surface area (TPSA) is 80.4 Å². The molecular formula is C11H17N3O3. The van der Waals surface area contributed by atoms with Gasteiger partial charge in [0.2, 0.25) is 5.89 Å². The van der Waals surface area contributed by atoms with Gasteiger partial charge in [0.1, 0.15) is 0 Å². The van der Waals surface area contributed by atoms with Crippen molar-refractivity contribution in [1.29, 1.82) is 0 Å². The first kappa shape index (κ1) is 11.1. The molecule has 3 atom stereocenters. The standard InChI is InChI=1S/C11H17N3O3/c15-8-4-9(12-5-8)11-13-10(14-17-11)7-2-1-3-16-6-7/h7-9,12,15H,1-6H2. The van der Waals surface area contributed by atoms with E-state index in [1.807, 2.05) is 0 Å². The number of nitrogens with zero attached hydrogens (tertiary/aromatic N) is 2. The lowest BCUT2D eigenvalue weighted by Crippen LogP contribution is -2.17. The molecule has 0 radical (unpaired) electrons. The molecule has 3 unspecified atom stereocenters. The maximum atomic E-state index is 9.44. The molecule has 2 saturated heterocycles. The van der Waals surface area contributed by atoms with Gasteiger partial charge < -0.3 is 19.7 Å². The quantitative estimate of drug-likeness (QED) is 0.775. The lowest BCUT2D eigenvalue weighted by atomic mass is 10.0. The van der Waals surface area contributed by atoms with Crippen LogP contribution in [0.3, 0.4) is 0 Å². The van der Waals surface area contributed by atoms with Gasteiger partial charge in [-0.15, -0.1) is 0 Å². The van der Waals surface area contributed by atoms with Crippen molar-refractivity contribution in [2.45, 2.75) is 37.3 Å². The third kappa shape index (κ3) is 2.34. The number of aromatic nitrogens is 2. The van der Waals surface area contributed by atoms with Crippen LogP contribution in [-0.4, -0.2) is 41.1 Å². The van der Waals surface area contributed by atoms with Gasteiger partial charge in [-0.1, -0.05) is 5.16 Å². The molecule has 1 aromatic heterocycles. The van der Waals surface area contributed by atoms with Crippen LogP contribution in [0, 0.1) is 0 Å². The fourth-order valence-corrected chi connectivity index (χ4v) is 2.40. The van der Waals surface area contributed by atoms with Crippen molar-refractivity contribution in [3.63, 3.8) is 0 Å². The van der Waals surface area contributed by atoms with Crippen LogP contribution >= 0.6 is 0 Å². The molecule has 0 spiro atoms. The summed E-state index contributed by atoms with van der Waals surface area (Å²) < 4.78 is 10.7. The highest BCUT2D eigenvalue weighted by atomic mass is 16.5. The minimum atomic E-state index is -0.312. The Morgan fingerprint density at radius 1 is 1.41 bits per heavy atom. The SMILES string of the molecule is OC1CNC(c2nc(C3CCCOC3)no2)C1. The summed E-state index contributed by atoms with van der Waals surface area (Å²) in [4.78, 5) is 4.42. The molecule has 6 nitrogen and oxygen atoms in total. The van der Waals surface area contributed by atoms with E-state index in [1.165, 1.54) is 0 Å². The molecular weight excluding hydrogens is 222 g/mol. The minimum absolute atomic E-state index is 0.00393. The molecule has 0 saturated carbocycles. The number of ether oxygens (including phenoxy) is 1. The van der Waals surface area contributed by atoms with Gasteiger partial charge in [-0.05, 0) is 19.3 Å². The number of hydrogen-bond donors (Lipinski definition) is 2. The van der Waals surface area contributed by atoms with E-state index in [1.54, 1.807) is 0 Å². The zero-order valence-electron chi connectivity index (χ0n) is 9.63. The van der Waals surface area contributed by atoms with Crippen LogP contribution in [0.1, 0.15) is 42.9 Å². The Kier molecular flexibility index (Phi) is 3.09. The Bertz CT molecular complexity index is 357. The Morgan fingerprint density at radius 2 is 2.35 bits per heavy atom. The zero-order valence-corrected chi connectivity index (χ0v) is 9.63. The number of aliphatic hydroxyl groups is 1. The highest BCUT2D eigenvalue weighted by Crippen LogP contribution is 2.26. The van der Waals surface area contributed by atoms with Crippen LogP contribution in [0.5, 0.6) is 0 Å². The summed E-state index contributed by atoms with van der Waals surface area (Å²) in [6.45, 7) is 2.10. The average molecular weight is 239 g/mol. The molecule has 3 heterocycles. The predicted octanol–water partition coefficient (Wildman–Crippen LogP) is 0.359. The summed E-state index contributed by atoms with van der Waals surface area (Å²) in [5, 5.41) is 16.6. The van der Waals surface area contributed by atoms with E-state index in [0.717, 1.165) is 25.3 Å². The Hall–Kier alpha value is -0.980. The molecule has 3 rings (SSSR count). The van der Waals surface area contributed by atoms with Crippen molar-refractivity contribution < 1.29 is 14.4 Å². The van der Waals surface area contributed by atoms with Crippen LogP contribution in [0.2, 0.25) is 0 Å². The first-order chi connectivity index (χ1) is 8.33. The lowest BCUT2D eigenvalue weighted by molar-refractivity contribution is 0.0773. The molecule has 0 amide bonds. The molecule has 0 aromatic carbocycles. The highest BCUT2D eigenvalue weighted by molar-refractivity contribution is 5.01. The normalized spacial score (nSPS) is 34.1. The van der Waals surface area contributed by atoms with Crippen molar-refractivity contribution in [1.82, 2.24) is 15.5 Å². The number of nitrogens with one attached hydrogen (secondary N) is 1. The van der Waals surface area contributed by atoms with Crippen LogP contribution in [-0.2, 0) is 4.74 Å². The second-order valence-electron chi connectivity index (χ2n) is 4.76. The number of hydrogen-bond acceptors (Lipinski definition) is 6. The van der Waals surface area contributed by atoms with Crippen LogP contribution in [0.4, 0.5) is 0 Å². The molecule has 1 aromatic rings. The van der Waals surface area contributed by atoms with Gasteiger partial charge in [0.05, 0.1) is 18.8 Å². The fraction of sp³-hybridized carbons (Fsp3) is 0.818. The second kappa shape index (κ2) is 4.72. The smallest absolute Gasteiger partial charge is 0.243 e. The van der Waals surface area contributed by atoms with Gasteiger partial charge in [0.25, 0.3) is 0 Å². The monoisotopic (exact) mass is 239 g/mol. The third-order valence-corrected chi connectivity index (χ3v) is 3.39. The molecule has 2 N–H and O–H groups in total. The Morgan fingerprint density at radius 3 is 3.06 bits per heavy atom. The summed E-state index contributed by atoms with van der Waals surface area (Å²) in [6.07, 6.45) is 2.44. The van der Waals surface area contributed by atoms with E-state index in [-0.39, 0.29) is 18.1 Å². The first-order valence-corrected chi connectivity index (χ1v) is 6.15. The Balaban J connectivity index is 1.69. The van der Waals surface area contributed by atoms with Crippen molar-refractivity contribution in [2.75, 3.05) is 19.8 Å². The van der Waals surface area contributed by atoms with Crippen molar-refractivity contribution >= 4 is 0 Å². The average Bonchev–Trinajstić information content (AvgIpc) is 2.98. The van der Waals surface area contributed by atoms with E-state index in [0.29, 0.717) is 25.5 Å². The third-order valence-electron chi connectivity index (χ3n) is 3.39. The number of β-amino-alcohol motifs (C(OH)–C–C–N with tert-alkyl or cyclic N) is 1. The molecule has 2 aliphatic heterocycles. The van der Waals surface area contributed by atoms with E-state index in [4.69, 9.17) is 9.26 Å². The molecule has 94 valence electrons. The maximum Gasteiger partial charge on any atom is 0.243 e. The molecule has 2 fully saturated rings. The van der Waals surface area contributed by atoms with Crippen molar-refractivity contribution in [3.8, 4) is 0 Å². The fourth-order valence-electron chi connectivity index (χ4n) is 2.40. The number of aliphatic hydroxyl groups excluding tert-OH is 1. The van der Waals surface area contributed by atoms with Gasteiger partial charge in [-0.2, -0.15) is 4.98 Å². The molecule has 17 heavy (non-hydrogen) atoms. The van der Waals surface area contributed by atoms with Crippen LogP contribution in [0.25, 0.3) is 0 Å². The molecule has 0 bridgehead atoms. The van der Waals surface area contributed by atoms with E-state index in [9.17, 15) is 5.11 Å². The minimum Gasteiger partial charge on any atom is -0.392 e. The summed E-state index contributed by atoms with van der Waals surface area (Å²) in [5.41, 5.74) is 0. The summed E-state index contributed by atoms with van der Waals surface area (Å²) in [7, 11) is 0. The van der Waals surface area contributed by atoms with Gasteiger partial charge >= 0.3 is 0 Å². The molecule has 0 aliphatic carbocycles. The maximum absolute atomic E-state index is 9.44. The van der Waals surface area contributed by atoms with E-state index < -0.39 is 0 Å². The van der Waals surface area contributed by atoms with Gasteiger partial charge in [-0.25, -0.2) is 0 Å².